The van der Waals surface area contributed by atoms with Crippen LogP contribution in [0.1, 0.15) is 11.1 Å². The molecule has 2 rings (SSSR count). The molecule has 0 fully saturated rings. The Hall–Kier alpha value is -2.04. The van der Waals surface area contributed by atoms with Gasteiger partial charge in [-0.05, 0) is 18.7 Å². The summed E-state index contributed by atoms with van der Waals surface area (Å²) in [6.45, 7) is 1.48. The first-order valence-corrected chi connectivity index (χ1v) is 6.89. The molecular formula is C17H21NO3. The summed E-state index contributed by atoms with van der Waals surface area (Å²) in [7, 11) is 3.54. The van der Waals surface area contributed by atoms with Crippen LogP contribution in [0.2, 0.25) is 0 Å². The summed E-state index contributed by atoms with van der Waals surface area (Å²) in [5.41, 5.74) is 2.20. The van der Waals surface area contributed by atoms with Crippen LogP contribution >= 0.6 is 0 Å². The molecule has 0 aromatic heterocycles. The van der Waals surface area contributed by atoms with E-state index in [1.807, 2.05) is 55.6 Å². The molecule has 112 valence electrons. The van der Waals surface area contributed by atoms with Crippen molar-refractivity contribution < 1.29 is 14.2 Å². The molecule has 0 aliphatic heterocycles. The van der Waals surface area contributed by atoms with Crippen LogP contribution in [-0.2, 0) is 17.9 Å². The lowest BCUT2D eigenvalue weighted by Gasteiger charge is -2.13. The summed E-state index contributed by atoms with van der Waals surface area (Å²) in [5.74, 6) is 1.55. The monoisotopic (exact) mass is 287 g/mol. The molecule has 0 atom stereocenters. The van der Waals surface area contributed by atoms with Gasteiger partial charge in [-0.3, -0.25) is 0 Å². The minimum Gasteiger partial charge on any atom is -0.497 e. The van der Waals surface area contributed by atoms with Gasteiger partial charge in [0.2, 0.25) is 0 Å². The topological polar surface area (TPSA) is 39.7 Å². The maximum atomic E-state index is 5.71. The van der Waals surface area contributed by atoms with Crippen molar-refractivity contribution >= 4 is 0 Å². The molecule has 21 heavy (non-hydrogen) atoms. The first kappa shape index (κ1) is 15.4. The van der Waals surface area contributed by atoms with E-state index in [2.05, 4.69) is 5.32 Å². The molecule has 4 heteroatoms. The van der Waals surface area contributed by atoms with E-state index in [0.717, 1.165) is 29.2 Å². The van der Waals surface area contributed by atoms with E-state index in [4.69, 9.17) is 14.2 Å². The fourth-order valence-corrected chi connectivity index (χ4v) is 1.97. The summed E-state index contributed by atoms with van der Waals surface area (Å²) >= 11 is 0. The third-order valence-electron chi connectivity index (χ3n) is 3.05. The van der Waals surface area contributed by atoms with Gasteiger partial charge in [0.25, 0.3) is 0 Å². The molecule has 2 aromatic carbocycles. The third kappa shape index (κ3) is 4.77. The molecule has 0 aliphatic rings. The van der Waals surface area contributed by atoms with Crippen LogP contribution < -0.4 is 14.8 Å². The van der Waals surface area contributed by atoms with E-state index in [9.17, 15) is 0 Å². The normalized spacial score (nSPS) is 10.4. The predicted molar refractivity (Wildman–Crippen MR) is 82.5 cm³/mol. The van der Waals surface area contributed by atoms with Crippen molar-refractivity contribution in [2.24, 2.45) is 0 Å². The molecule has 0 unspecified atom stereocenters. The maximum absolute atomic E-state index is 5.71. The van der Waals surface area contributed by atoms with Crippen LogP contribution in [0.4, 0.5) is 0 Å². The second-order valence-corrected chi connectivity index (χ2v) is 4.60. The highest BCUT2D eigenvalue weighted by molar-refractivity contribution is 5.40. The van der Waals surface area contributed by atoms with E-state index < -0.39 is 0 Å². The lowest BCUT2D eigenvalue weighted by atomic mass is 10.2. The molecule has 0 aliphatic carbocycles. The van der Waals surface area contributed by atoms with Gasteiger partial charge in [-0.2, -0.15) is 0 Å². The largest absolute Gasteiger partial charge is 0.497 e. The minimum absolute atomic E-state index is 0.207. The van der Waals surface area contributed by atoms with Crippen molar-refractivity contribution in [3.8, 4) is 11.5 Å². The Bertz CT molecular complexity index is 543. The third-order valence-corrected chi connectivity index (χ3v) is 3.05. The Morgan fingerprint density at radius 2 is 1.86 bits per heavy atom. The molecule has 0 spiro atoms. The Morgan fingerprint density at radius 3 is 2.57 bits per heavy atom. The highest BCUT2D eigenvalue weighted by Gasteiger charge is 2.05. The molecule has 0 saturated heterocycles. The van der Waals surface area contributed by atoms with Gasteiger partial charge >= 0.3 is 0 Å². The number of benzene rings is 2. The number of nitrogens with one attached hydrogen (secondary N) is 1. The highest BCUT2D eigenvalue weighted by atomic mass is 16.7. The van der Waals surface area contributed by atoms with Crippen molar-refractivity contribution in [3.63, 3.8) is 0 Å². The number of ether oxygens (including phenoxy) is 3. The quantitative estimate of drug-likeness (QED) is 0.598. The lowest BCUT2D eigenvalue weighted by molar-refractivity contribution is 0.00441. The van der Waals surface area contributed by atoms with Gasteiger partial charge in [0.15, 0.2) is 6.79 Å². The molecular weight excluding hydrogens is 266 g/mol. The average Bonchev–Trinajstić information content (AvgIpc) is 2.54. The summed E-state index contributed by atoms with van der Waals surface area (Å²) in [5, 5.41) is 3.12. The average molecular weight is 287 g/mol. The molecule has 0 amide bonds. The Kier molecular flexibility index (Phi) is 6.06. The molecule has 2 aromatic rings. The van der Waals surface area contributed by atoms with Crippen molar-refractivity contribution in [2.45, 2.75) is 13.2 Å². The number of hydrogen-bond donors (Lipinski definition) is 1. The molecule has 0 heterocycles. The molecule has 0 radical (unpaired) electrons. The van der Waals surface area contributed by atoms with Crippen molar-refractivity contribution in [1.29, 1.82) is 0 Å². The smallest absolute Gasteiger partial charge is 0.189 e. The number of rotatable bonds is 8. The van der Waals surface area contributed by atoms with Crippen LogP contribution in [0.3, 0.4) is 0 Å². The van der Waals surface area contributed by atoms with Gasteiger partial charge in [0.1, 0.15) is 11.5 Å². The van der Waals surface area contributed by atoms with E-state index in [1.54, 1.807) is 7.11 Å². The van der Waals surface area contributed by atoms with Gasteiger partial charge in [-0.25, -0.2) is 0 Å². The number of hydrogen-bond acceptors (Lipinski definition) is 4. The number of methoxy groups -OCH3 is 1. The molecule has 0 saturated carbocycles. The van der Waals surface area contributed by atoms with Gasteiger partial charge in [0.05, 0.1) is 13.7 Å². The lowest BCUT2D eigenvalue weighted by Crippen LogP contribution is -2.09. The van der Waals surface area contributed by atoms with Crippen LogP contribution in [0.5, 0.6) is 11.5 Å². The van der Waals surface area contributed by atoms with Crippen molar-refractivity contribution in [1.82, 2.24) is 5.32 Å². The summed E-state index contributed by atoms with van der Waals surface area (Å²) < 4.78 is 16.5. The van der Waals surface area contributed by atoms with Gasteiger partial charge < -0.3 is 19.5 Å². The fraction of sp³-hybridized carbons (Fsp3) is 0.294. The van der Waals surface area contributed by atoms with Gasteiger partial charge in [-0.1, -0.05) is 36.4 Å². The molecule has 4 nitrogen and oxygen atoms in total. The Labute approximate surface area is 125 Å². The van der Waals surface area contributed by atoms with E-state index >= 15 is 0 Å². The SMILES string of the molecule is CNCc1ccc(OC)cc1OCOCc1ccccc1. The first-order chi connectivity index (χ1) is 10.3. The minimum atomic E-state index is 0.207. The van der Waals surface area contributed by atoms with Gasteiger partial charge in [-0.15, -0.1) is 0 Å². The maximum Gasteiger partial charge on any atom is 0.189 e. The highest BCUT2D eigenvalue weighted by Crippen LogP contribution is 2.24. The van der Waals surface area contributed by atoms with Crippen LogP contribution in [0.15, 0.2) is 48.5 Å². The molecule has 1 N–H and O–H groups in total. The zero-order valence-electron chi connectivity index (χ0n) is 12.5. The van der Waals surface area contributed by atoms with E-state index in [1.165, 1.54) is 0 Å². The van der Waals surface area contributed by atoms with Crippen LogP contribution in [0, 0.1) is 0 Å². The Balaban J connectivity index is 1.89. The van der Waals surface area contributed by atoms with E-state index in [0.29, 0.717) is 6.61 Å². The summed E-state index contributed by atoms with van der Waals surface area (Å²) in [6.07, 6.45) is 0. The summed E-state index contributed by atoms with van der Waals surface area (Å²) in [4.78, 5) is 0. The summed E-state index contributed by atoms with van der Waals surface area (Å²) in [6, 6.07) is 15.8. The zero-order chi connectivity index (χ0) is 14.9. The first-order valence-electron chi connectivity index (χ1n) is 6.89. The molecule has 0 bridgehead atoms. The van der Waals surface area contributed by atoms with Crippen molar-refractivity contribution in [2.75, 3.05) is 21.0 Å². The fourth-order valence-electron chi connectivity index (χ4n) is 1.97. The van der Waals surface area contributed by atoms with Gasteiger partial charge in [0, 0.05) is 18.2 Å². The van der Waals surface area contributed by atoms with Crippen LogP contribution in [0.25, 0.3) is 0 Å². The Morgan fingerprint density at radius 1 is 1.05 bits per heavy atom. The second-order valence-electron chi connectivity index (χ2n) is 4.60. The van der Waals surface area contributed by atoms with E-state index in [-0.39, 0.29) is 6.79 Å². The zero-order valence-corrected chi connectivity index (χ0v) is 12.5. The van der Waals surface area contributed by atoms with Crippen molar-refractivity contribution in [3.05, 3.63) is 59.7 Å². The van der Waals surface area contributed by atoms with Crippen LogP contribution in [-0.4, -0.2) is 21.0 Å². The predicted octanol–water partition coefficient (Wildman–Crippen LogP) is 2.97. The second kappa shape index (κ2) is 8.29. The standard InChI is InChI=1S/C17H21NO3/c1-18-11-15-8-9-16(19-2)10-17(15)21-13-20-12-14-6-4-3-5-7-14/h3-10,18H,11-13H2,1-2H3.